The number of primary amides is 1. The first kappa shape index (κ1) is 18.8. The van der Waals surface area contributed by atoms with Gasteiger partial charge in [0.15, 0.2) is 0 Å². The Hall–Kier alpha value is -2.93. The molecule has 1 fully saturated rings. The van der Waals surface area contributed by atoms with Gasteiger partial charge in [-0.15, -0.1) is 0 Å². The number of benzene rings is 1. The summed E-state index contributed by atoms with van der Waals surface area (Å²) in [5.74, 6) is -0.819. The minimum Gasteiger partial charge on any atom is -0.384 e. The molecule has 142 valence electrons. The molecular formula is C20H23N3O4. The average Bonchev–Trinajstić information content (AvgIpc) is 3.42. The SMILES string of the molecule is COC[C@@H]1C[C@H]1N(C)C(=O)c1cc(C(N)=O)cn(Cc2ccccc2)c1=O. The van der Waals surface area contributed by atoms with E-state index in [9.17, 15) is 14.4 Å². The smallest absolute Gasteiger partial charge is 0.263 e. The molecule has 2 atom stereocenters. The van der Waals surface area contributed by atoms with Crippen LogP contribution in [0.25, 0.3) is 0 Å². The van der Waals surface area contributed by atoms with E-state index in [0.29, 0.717) is 6.61 Å². The number of aromatic nitrogens is 1. The lowest BCUT2D eigenvalue weighted by Crippen LogP contribution is -2.37. The monoisotopic (exact) mass is 369 g/mol. The molecule has 2 amide bonds. The van der Waals surface area contributed by atoms with Crippen molar-refractivity contribution in [2.24, 2.45) is 11.7 Å². The summed E-state index contributed by atoms with van der Waals surface area (Å²) in [6.45, 7) is 0.822. The number of nitrogens with zero attached hydrogens (tertiary/aromatic N) is 2. The van der Waals surface area contributed by atoms with Gasteiger partial charge in [0.1, 0.15) is 5.56 Å². The molecule has 1 aromatic heterocycles. The second kappa shape index (κ2) is 7.75. The highest BCUT2D eigenvalue weighted by molar-refractivity contribution is 5.98. The lowest BCUT2D eigenvalue weighted by Gasteiger charge is -2.18. The number of pyridine rings is 1. The first-order valence-corrected chi connectivity index (χ1v) is 8.76. The molecule has 1 aliphatic rings. The average molecular weight is 369 g/mol. The van der Waals surface area contributed by atoms with Gasteiger partial charge in [0.05, 0.1) is 18.7 Å². The Labute approximate surface area is 157 Å². The highest BCUT2D eigenvalue weighted by Gasteiger charge is 2.42. The fourth-order valence-electron chi connectivity index (χ4n) is 3.26. The Morgan fingerprint density at radius 2 is 2.00 bits per heavy atom. The van der Waals surface area contributed by atoms with Crippen molar-refractivity contribution in [3.8, 4) is 0 Å². The first-order chi connectivity index (χ1) is 12.9. The number of amides is 2. The van der Waals surface area contributed by atoms with Gasteiger partial charge in [-0.2, -0.15) is 0 Å². The standard InChI is InChI=1S/C20H23N3O4/c1-22(17-9-15(17)12-27-2)19(25)16-8-14(18(21)24)11-23(20(16)26)10-13-6-4-3-5-7-13/h3-8,11,15,17H,9-10,12H2,1-2H3,(H2,21,24)/t15-,17+/m0/s1. The Balaban J connectivity index is 1.93. The molecule has 0 bridgehead atoms. The molecule has 1 saturated carbocycles. The summed E-state index contributed by atoms with van der Waals surface area (Å²) in [4.78, 5) is 39.0. The van der Waals surface area contributed by atoms with E-state index in [1.54, 1.807) is 19.1 Å². The van der Waals surface area contributed by atoms with Crippen molar-refractivity contribution < 1.29 is 14.3 Å². The Kier molecular flexibility index (Phi) is 5.41. The van der Waals surface area contributed by atoms with Crippen LogP contribution in [0.3, 0.4) is 0 Å². The highest BCUT2D eigenvalue weighted by Crippen LogP contribution is 2.35. The second-order valence-electron chi connectivity index (χ2n) is 6.86. The summed E-state index contributed by atoms with van der Waals surface area (Å²) in [5.41, 5.74) is 5.94. The number of methoxy groups -OCH3 is 1. The largest absolute Gasteiger partial charge is 0.384 e. The Bertz CT molecular complexity index is 907. The van der Waals surface area contributed by atoms with Gasteiger partial charge in [-0.05, 0) is 18.1 Å². The molecule has 7 heteroatoms. The van der Waals surface area contributed by atoms with Crippen LogP contribution in [0.4, 0.5) is 0 Å². The van der Waals surface area contributed by atoms with Crippen LogP contribution in [-0.4, -0.2) is 48.1 Å². The highest BCUT2D eigenvalue weighted by atomic mass is 16.5. The zero-order valence-electron chi connectivity index (χ0n) is 15.4. The maximum Gasteiger partial charge on any atom is 0.263 e. The zero-order chi connectivity index (χ0) is 19.6. The molecule has 2 aromatic rings. The van der Waals surface area contributed by atoms with E-state index in [0.717, 1.165) is 12.0 Å². The number of nitrogens with two attached hydrogens (primary N) is 1. The van der Waals surface area contributed by atoms with Crippen LogP contribution in [0.1, 0.15) is 32.7 Å². The van der Waals surface area contributed by atoms with Gasteiger partial charge in [0, 0.05) is 32.3 Å². The predicted octanol–water partition coefficient (Wildman–Crippen LogP) is 1.10. The van der Waals surface area contributed by atoms with E-state index >= 15 is 0 Å². The van der Waals surface area contributed by atoms with Crippen LogP contribution in [0, 0.1) is 5.92 Å². The van der Waals surface area contributed by atoms with Gasteiger partial charge < -0.3 is 19.9 Å². The number of ether oxygens (including phenoxy) is 1. The molecule has 0 aliphatic heterocycles. The van der Waals surface area contributed by atoms with Crippen LogP contribution < -0.4 is 11.3 Å². The first-order valence-electron chi connectivity index (χ1n) is 8.76. The predicted molar refractivity (Wildman–Crippen MR) is 101 cm³/mol. The van der Waals surface area contributed by atoms with Crippen LogP contribution in [-0.2, 0) is 11.3 Å². The van der Waals surface area contributed by atoms with Crippen molar-refractivity contribution in [1.29, 1.82) is 0 Å². The number of hydrogen-bond donors (Lipinski definition) is 1. The van der Waals surface area contributed by atoms with Crippen molar-refractivity contribution in [1.82, 2.24) is 9.47 Å². The fourth-order valence-corrected chi connectivity index (χ4v) is 3.26. The minimum absolute atomic E-state index is 0.0386. The van der Waals surface area contributed by atoms with E-state index in [1.165, 1.54) is 16.8 Å². The van der Waals surface area contributed by atoms with E-state index in [-0.39, 0.29) is 29.6 Å². The zero-order valence-corrected chi connectivity index (χ0v) is 15.4. The Morgan fingerprint density at radius 3 is 2.63 bits per heavy atom. The molecule has 1 heterocycles. The van der Waals surface area contributed by atoms with Crippen LogP contribution >= 0.6 is 0 Å². The van der Waals surface area contributed by atoms with Gasteiger partial charge in [-0.3, -0.25) is 14.4 Å². The van der Waals surface area contributed by atoms with Crippen molar-refractivity contribution in [3.63, 3.8) is 0 Å². The second-order valence-corrected chi connectivity index (χ2v) is 6.86. The molecule has 1 aliphatic carbocycles. The van der Waals surface area contributed by atoms with E-state index in [1.807, 2.05) is 30.3 Å². The van der Waals surface area contributed by atoms with E-state index in [2.05, 4.69) is 0 Å². The number of carbonyl (C=O) groups excluding carboxylic acids is 2. The fraction of sp³-hybridized carbons (Fsp3) is 0.350. The molecule has 0 unspecified atom stereocenters. The molecule has 0 saturated heterocycles. The van der Waals surface area contributed by atoms with Crippen LogP contribution in [0.15, 0.2) is 47.4 Å². The van der Waals surface area contributed by atoms with Gasteiger partial charge in [-0.25, -0.2) is 0 Å². The molecule has 0 radical (unpaired) electrons. The summed E-state index contributed by atoms with van der Waals surface area (Å²) >= 11 is 0. The third kappa shape index (κ3) is 4.09. The number of rotatable bonds is 7. The van der Waals surface area contributed by atoms with Crippen molar-refractivity contribution in [3.05, 3.63) is 69.6 Å². The molecule has 3 rings (SSSR count). The van der Waals surface area contributed by atoms with Gasteiger partial charge >= 0.3 is 0 Å². The summed E-state index contributed by atoms with van der Waals surface area (Å²) in [6, 6.07) is 10.7. The lowest BCUT2D eigenvalue weighted by molar-refractivity contribution is 0.0763. The van der Waals surface area contributed by atoms with Crippen LogP contribution in [0.2, 0.25) is 0 Å². The maximum absolute atomic E-state index is 12.9. The topological polar surface area (TPSA) is 94.6 Å². The molecule has 0 spiro atoms. The molecule has 7 nitrogen and oxygen atoms in total. The van der Waals surface area contributed by atoms with Crippen LogP contribution in [0.5, 0.6) is 0 Å². The summed E-state index contributed by atoms with van der Waals surface area (Å²) in [6.07, 6.45) is 2.24. The molecule has 2 N–H and O–H groups in total. The summed E-state index contributed by atoms with van der Waals surface area (Å²) in [5, 5.41) is 0. The lowest BCUT2D eigenvalue weighted by atomic mass is 10.1. The van der Waals surface area contributed by atoms with Gasteiger partial charge in [-0.1, -0.05) is 30.3 Å². The molecular weight excluding hydrogens is 346 g/mol. The van der Waals surface area contributed by atoms with Crippen molar-refractivity contribution in [2.75, 3.05) is 20.8 Å². The number of hydrogen-bond acceptors (Lipinski definition) is 4. The maximum atomic E-state index is 12.9. The minimum atomic E-state index is -0.683. The summed E-state index contributed by atoms with van der Waals surface area (Å²) in [7, 11) is 3.29. The van der Waals surface area contributed by atoms with E-state index < -0.39 is 17.4 Å². The third-order valence-corrected chi connectivity index (χ3v) is 4.88. The quantitative estimate of drug-likeness (QED) is 0.791. The van der Waals surface area contributed by atoms with E-state index in [4.69, 9.17) is 10.5 Å². The number of carbonyl (C=O) groups is 2. The Morgan fingerprint density at radius 1 is 1.30 bits per heavy atom. The van der Waals surface area contributed by atoms with Gasteiger partial charge in [0.2, 0.25) is 5.91 Å². The third-order valence-electron chi connectivity index (χ3n) is 4.88. The summed E-state index contributed by atoms with van der Waals surface area (Å²) < 4.78 is 6.48. The molecule has 27 heavy (non-hydrogen) atoms. The molecule has 1 aromatic carbocycles. The van der Waals surface area contributed by atoms with Crippen molar-refractivity contribution in [2.45, 2.75) is 19.0 Å². The normalized spacial score (nSPS) is 18.1. The van der Waals surface area contributed by atoms with Gasteiger partial charge in [0.25, 0.3) is 11.5 Å². The van der Waals surface area contributed by atoms with Crippen molar-refractivity contribution >= 4 is 11.8 Å².